The van der Waals surface area contributed by atoms with Crippen LogP contribution in [0.2, 0.25) is 0 Å². The Hall–Kier alpha value is -0.410. The average molecular weight is 213 g/mol. The van der Waals surface area contributed by atoms with Gasteiger partial charge in [0.25, 0.3) is 0 Å². The Labute approximate surface area is 77.7 Å². The Bertz CT molecular complexity index is 159. The summed E-state index contributed by atoms with van der Waals surface area (Å²) in [5.41, 5.74) is 0. The van der Waals surface area contributed by atoms with Crippen LogP contribution >= 0.6 is 0 Å². The second-order valence-electron chi connectivity index (χ2n) is 2.04. The first kappa shape index (κ1) is 12.6. The molecule has 0 aromatic carbocycles. The van der Waals surface area contributed by atoms with Crippen LogP contribution in [0.1, 0.15) is 12.8 Å². The summed E-state index contributed by atoms with van der Waals surface area (Å²) < 4.78 is 24.0. The maximum absolute atomic E-state index is 9.34. The number of ether oxygens (including phenoxy) is 2. The average Bonchev–Trinajstić information content (AvgIpc) is 2.70. The van der Waals surface area contributed by atoms with Crippen LogP contribution in [0, 0.1) is 4.91 Å². The molecule has 13 heavy (non-hydrogen) atoms. The third kappa shape index (κ3) is 6.72. The molecule has 0 aliphatic carbocycles. The number of nitroso groups, excluding NO2 is 1. The van der Waals surface area contributed by atoms with Crippen LogP contribution in [-0.4, -0.2) is 29.5 Å². The summed E-state index contributed by atoms with van der Waals surface area (Å²) in [6.45, 7) is 0.874. The van der Waals surface area contributed by atoms with Gasteiger partial charge in [-0.2, -0.15) is 4.21 Å². The second-order valence-corrected chi connectivity index (χ2v) is 2.78. The van der Waals surface area contributed by atoms with E-state index < -0.39 is 11.3 Å². The van der Waals surface area contributed by atoms with Crippen molar-refractivity contribution in [2.75, 3.05) is 13.7 Å². The lowest BCUT2D eigenvalue weighted by molar-refractivity contribution is -0.124. The molecule has 0 saturated carbocycles. The van der Waals surface area contributed by atoms with Crippen molar-refractivity contribution in [2.24, 2.45) is 4.58 Å². The molecule has 0 spiro atoms. The van der Waals surface area contributed by atoms with E-state index in [2.05, 4.69) is 4.33 Å². The molecule has 1 N–H and O–H groups in total. The van der Waals surface area contributed by atoms with Gasteiger partial charge in [-0.15, -0.1) is 9.24 Å². The fourth-order valence-corrected chi connectivity index (χ4v) is 0.775. The molecule has 1 fully saturated rings. The molecule has 0 aromatic rings. The third-order valence-corrected chi connectivity index (χ3v) is 1.52. The van der Waals surface area contributed by atoms with Crippen LogP contribution in [0.5, 0.6) is 0 Å². The predicted molar refractivity (Wildman–Crippen MR) is 43.6 cm³/mol. The number of rotatable bonds is 3. The van der Waals surface area contributed by atoms with Crippen molar-refractivity contribution in [3.05, 3.63) is 4.91 Å². The Morgan fingerprint density at radius 2 is 2.38 bits per heavy atom. The monoisotopic (exact) mass is 213 g/mol. The normalized spacial score (nSPS) is 23.1. The minimum Gasteiger partial charge on any atom is -0.356 e. The zero-order chi connectivity index (χ0) is 10.1. The molecule has 0 aromatic heterocycles. The van der Waals surface area contributed by atoms with Gasteiger partial charge in [0, 0.05) is 20.1 Å². The molecule has 2 atom stereocenters. The highest BCUT2D eigenvalue weighted by atomic mass is 32.2. The molecule has 1 heterocycles. The van der Waals surface area contributed by atoms with Gasteiger partial charge in [-0.1, -0.05) is 0 Å². The minimum atomic E-state index is -2.41. The van der Waals surface area contributed by atoms with Gasteiger partial charge in [-0.3, -0.25) is 0 Å². The van der Waals surface area contributed by atoms with E-state index in [0.717, 1.165) is 19.4 Å². The summed E-state index contributed by atoms with van der Waals surface area (Å²) in [4.78, 5) is 8.90. The van der Waals surface area contributed by atoms with Crippen LogP contribution in [-0.2, 0) is 25.1 Å². The van der Waals surface area contributed by atoms with Crippen LogP contribution in [0.4, 0.5) is 0 Å². The van der Waals surface area contributed by atoms with Gasteiger partial charge in [-0.25, -0.2) is 5.26 Å². The predicted octanol–water partition coefficient (Wildman–Crippen LogP) is 0.590. The van der Waals surface area contributed by atoms with Gasteiger partial charge < -0.3 is 9.47 Å². The lowest BCUT2D eigenvalue weighted by Crippen LogP contribution is -2.05. The summed E-state index contributed by atoms with van der Waals surface area (Å²) in [6, 6.07) is 0. The minimum absolute atomic E-state index is 0.0972. The maximum Gasteiger partial charge on any atom is 0.350 e. The lowest BCUT2D eigenvalue weighted by atomic mass is 10.4. The fourth-order valence-electron chi connectivity index (χ4n) is 0.748. The third-order valence-electron chi connectivity index (χ3n) is 1.28. The van der Waals surface area contributed by atoms with Gasteiger partial charge in [0.2, 0.25) is 0 Å². The quantitative estimate of drug-likeness (QED) is 0.419. The van der Waals surface area contributed by atoms with E-state index in [1.165, 1.54) is 0 Å². The molecule has 0 amide bonds. The summed E-state index contributed by atoms with van der Waals surface area (Å²) in [7, 11) is 1.68. The summed E-state index contributed by atoms with van der Waals surface area (Å²) >= 11 is -2.41. The van der Waals surface area contributed by atoms with Crippen molar-refractivity contribution < 1.29 is 23.3 Å². The molecule has 1 saturated heterocycles. The molecule has 8 heteroatoms. The highest BCUT2D eigenvalue weighted by molar-refractivity contribution is 7.78. The van der Waals surface area contributed by atoms with Gasteiger partial charge in [0.15, 0.2) is 6.29 Å². The molecule has 1 aliphatic rings. The van der Waals surface area contributed by atoms with E-state index in [-0.39, 0.29) is 6.29 Å². The Kier molecular flexibility index (Phi) is 7.94. The second kappa shape index (κ2) is 8.20. The molecule has 78 valence electrons. The lowest BCUT2D eigenvalue weighted by Gasteiger charge is -2.03. The molecule has 0 bridgehead atoms. The van der Waals surface area contributed by atoms with Crippen LogP contribution in [0.25, 0.3) is 0 Å². The van der Waals surface area contributed by atoms with Crippen molar-refractivity contribution in [1.29, 1.82) is 0 Å². The van der Waals surface area contributed by atoms with Crippen LogP contribution in [0.15, 0.2) is 4.58 Å². The first-order valence-electron chi connectivity index (χ1n) is 3.46. The molecule has 0 radical (unpaired) electrons. The van der Waals surface area contributed by atoms with Gasteiger partial charge in [-0.05, 0) is 6.42 Å². The topological polar surface area (TPSA) is 94.4 Å². The molecule has 7 nitrogen and oxygen atoms in total. The zero-order valence-corrected chi connectivity index (χ0v) is 7.86. The van der Waals surface area contributed by atoms with Crippen molar-refractivity contribution in [3.8, 4) is 0 Å². The van der Waals surface area contributed by atoms with E-state index in [4.69, 9.17) is 19.6 Å². The Morgan fingerprint density at radius 3 is 2.54 bits per heavy atom. The molecule has 2 unspecified atom stereocenters. The van der Waals surface area contributed by atoms with E-state index in [0.29, 0.717) is 0 Å². The van der Waals surface area contributed by atoms with Crippen LogP contribution in [0.3, 0.4) is 0 Å². The summed E-state index contributed by atoms with van der Waals surface area (Å²) in [5, 5.41) is 7.24. The van der Waals surface area contributed by atoms with E-state index >= 15 is 0 Å². The molecular weight excluding hydrogens is 202 g/mol. The molecular formula is C5H11NO6S. The van der Waals surface area contributed by atoms with Gasteiger partial charge >= 0.3 is 11.3 Å². The van der Waals surface area contributed by atoms with E-state index in [1.54, 1.807) is 11.7 Å². The van der Waals surface area contributed by atoms with Crippen molar-refractivity contribution in [3.63, 3.8) is 0 Å². The Morgan fingerprint density at radius 1 is 1.69 bits per heavy atom. The molecule has 1 rings (SSSR count). The van der Waals surface area contributed by atoms with Gasteiger partial charge in [0.1, 0.15) is 0 Å². The summed E-state index contributed by atoms with van der Waals surface area (Å²) in [5.74, 6) is 0. The Balaban J connectivity index is 0.000000226. The first-order chi connectivity index (χ1) is 6.24. The summed E-state index contributed by atoms with van der Waals surface area (Å²) in [6.07, 6.45) is 2.31. The largest absolute Gasteiger partial charge is 0.356 e. The molecule has 1 aliphatic heterocycles. The maximum atomic E-state index is 9.34. The zero-order valence-electron chi connectivity index (χ0n) is 7.04. The van der Waals surface area contributed by atoms with E-state index in [9.17, 15) is 4.21 Å². The first-order valence-corrected chi connectivity index (χ1v) is 4.49. The number of hydrogen-bond donors (Lipinski definition) is 1. The van der Waals surface area contributed by atoms with Crippen LogP contribution < -0.4 is 0 Å². The van der Waals surface area contributed by atoms with Gasteiger partial charge in [0.05, 0.1) is 4.58 Å². The fraction of sp³-hybridized carbons (Fsp3) is 1.00. The van der Waals surface area contributed by atoms with E-state index in [1.807, 2.05) is 0 Å². The van der Waals surface area contributed by atoms with Crippen molar-refractivity contribution in [2.45, 2.75) is 19.1 Å². The smallest absolute Gasteiger partial charge is 0.350 e. The van der Waals surface area contributed by atoms with Crippen molar-refractivity contribution >= 4 is 11.3 Å². The number of hydrogen-bond acceptors (Lipinski definition) is 6. The highest BCUT2D eigenvalue weighted by Gasteiger charge is 2.12. The SMILES string of the molecule is COC1CCCO1.O=NS(=O)OO. The number of methoxy groups -OCH3 is 1. The van der Waals surface area contributed by atoms with Crippen molar-refractivity contribution in [1.82, 2.24) is 0 Å². The number of nitrogens with zero attached hydrogens (tertiary/aromatic N) is 1. The standard InChI is InChI=1S/C5H10O2.HNO4S/c1-6-5-3-2-4-7-5;2-1-6(4)5-3/h5H,2-4H2,1H3;3H. The highest BCUT2D eigenvalue weighted by Crippen LogP contribution is 2.10.